The van der Waals surface area contributed by atoms with E-state index in [9.17, 15) is 5.11 Å². The molecule has 0 aliphatic carbocycles. The van der Waals surface area contributed by atoms with Crippen LogP contribution in [0.1, 0.15) is 39.0 Å². The molecule has 0 fully saturated rings. The van der Waals surface area contributed by atoms with Crippen molar-refractivity contribution in [3.05, 3.63) is 12.3 Å². The number of hydrogen-bond donors (Lipinski definition) is 0. The van der Waals surface area contributed by atoms with E-state index in [1.54, 1.807) is 0 Å². The standard InChI is InChI=1S/C8H16O.Li/c1-3-4-5-6-7-8(2)9;/h9H,2-7H2,1H3;/q;+1/p-1. The van der Waals surface area contributed by atoms with Crippen LogP contribution < -0.4 is 24.0 Å². The summed E-state index contributed by atoms with van der Waals surface area (Å²) in [6, 6.07) is 0. The maximum atomic E-state index is 10.3. The summed E-state index contributed by atoms with van der Waals surface area (Å²) in [5.74, 6) is 0.0751. The van der Waals surface area contributed by atoms with Gasteiger partial charge in [-0.2, -0.15) is 0 Å². The van der Waals surface area contributed by atoms with Crippen LogP contribution >= 0.6 is 0 Å². The Hall–Kier alpha value is 0.137. The van der Waals surface area contributed by atoms with Crippen LogP contribution in [0.15, 0.2) is 12.3 Å². The van der Waals surface area contributed by atoms with Gasteiger partial charge in [-0.15, -0.1) is 12.3 Å². The average molecular weight is 134 g/mol. The van der Waals surface area contributed by atoms with E-state index in [0.717, 1.165) is 6.42 Å². The fourth-order valence-corrected chi connectivity index (χ4v) is 0.749. The normalized spacial score (nSPS) is 8.50. The monoisotopic (exact) mass is 134 g/mol. The van der Waals surface area contributed by atoms with Gasteiger partial charge in [-0.1, -0.05) is 32.6 Å². The molecule has 0 atom stereocenters. The van der Waals surface area contributed by atoms with Gasteiger partial charge in [0.25, 0.3) is 0 Å². The van der Waals surface area contributed by atoms with Crippen LogP contribution in [-0.2, 0) is 0 Å². The molecule has 0 radical (unpaired) electrons. The van der Waals surface area contributed by atoms with Crippen molar-refractivity contribution in [1.29, 1.82) is 0 Å². The van der Waals surface area contributed by atoms with Gasteiger partial charge in [-0.25, -0.2) is 0 Å². The van der Waals surface area contributed by atoms with Crippen LogP contribution in [0.2, 0.25) is 0 Å². The van der Waals surface area contributed by atoms with Gasteiger partial charge in [-0.3, -0.25) is 0 Å². The molecule has 0 saturated carbocycles. The van der Waals surface area contributed by atoms with Crippen LogP contribution in [0, 0.1) is 0 Å². The summed E-state index contributed by atoms with van der Waals surface area (Å²) < 4.78 is 0. The Bertz CT molecular complexity index is 81.3. The molecule has 10 heavy (non-hydrogen) atoms. The molecule has 0 aromatic heterocycles. The molecule has 0 bridgehead atoms. The van der Waals surface area contributed by atoms with E-state index in [1.165, 1.54) is 19.3 Å². The van der Waals surface area contributed by atoms with Crippen LogP contribution in [0.5, 0.6) is 0 Å². The van der Waals surface area contributed by atoms with Gasteiger partial charge in [0.1, 0.15) is 0 Å². The van der Waals surface area contributed by atoms with E-state index in [4.69, 9.17) is 0 Å². The molecule has 0 aliphatic rings. The van der Waals surface area contributed by atoms with Gasteiger partial charge in [0.2, 0.25) is 0 Å². The molecular formula is C8H15LiO. The fraction of sp³-hybridized carbons (Fsp3) is 0.750. The smallest absolute Gasteiger partial charge is 0.876 e. The first kappa shape index (κ1) is 12.8. The minimum atomic E-state index is 0. The van der Waals surface area contributed by atoms with Crippen molar-refractivity contribution < 1.29 is 24.0 Å². The summed E-state index contributed by atoms with van der Waals surface area (Å²) in [4.78, 5) is 0. The van der Waals surface area contributed by atoms with Gasteiger partial charge in [0.15, 0.2) is 0 Å². The third-order valence-corrected chi connectivity index (χ3v) is 1.31. The molecule has 54 valence electrons. The largest absolute Gasteiger partial charge is 1.00 e. The van der Waals surface area contributed by atoms with Crippen molar-refractivity contribution in [2.45, 2.75) is 39.0 Å². The average Bonchev–Trinajstić information content (AvgIpc) is 1.80. The van der Waals surface area contributed by atoms with E-state index in [1.807, 2.05) is 0 Å². The zero-order valence-corrected chi connectivity index (χ0v) is 7.15. The van der Waals surface area contributed by atoms with Crippen molar-refractivity contribution in [3.8, 4) is 0 Å². The number of unbranched alkanes of at least 4 members (excludes halogenated alkanes) is 3. The molecule has 0 amide bonds. The van der Waals surface area contributed by atoms with Crippen molar-refractivity contribution in [2.75, 3.05) is 0 Å². The third-order valence-electron chi connectivity index (χ3n) is 1.31. The first-order valence-corrected chi connectivity index (χ1v) is 3.62. The number of hydrogen-bond acceptors (Lipinski definition) is 1. The molecule has 0 N–H and O–H groups in total. The Balaban J connectivity index is 0. The zero-order chi connectivity index (χ0) is 7.11. The minimum absolute atomic E-state index is 0. The van der Waals surface area contributed by atoms with Crippen molar-refractivity contribution in [3.63, 3.8) is 0 Å². The SMILES string of the molecule is C=C([O-])CCCCCC.[Li+]. The molecule has 0 saturated heterocycles. The van der Waals surface area contributed by atoms with Crippen LogP contribution in [0.4, 0.5) is 0 Å². The van der Waals surface area contributed by atoms with E-state index in [0.29, 0.717) is 6.42 Å². The summed E-state index contributed by atoms with van der Waals surface area (Å²) in [6.45, 7) is 5.46. The molecule has 0 aromatic carbocycles. The summed E-state index contributed by atoms with van der Waals surface area (Å²) in [5, 5.41) is 10.3. The van der Waals surface area contributed by atoms with E-state index in [2.05, 4.69) is 13.5 Å². The van der Waals surface area contributed by atoms with E-state index < -0.39 is 0 Å². The third kappa shape index (κ3) is 11.0. The molecule has 2 heteroatoms. The van der Waals surface area contributed by atoms with Crippen molar-refractivity contribution >= 4 is 0 Å². The summed E-state index contributed by atoms with van der Waals surface area (Å²) in [7, 11) is 0. The van der Waals surface area contributed by atoms with E-state index in [-0.39, 0.29) is 24.6 Å². The molecular weight excluding hydrogens is 119 g/mol. The van der Waals surface area contributed by atoms with Crippen molar-refractivity contribution in [2.24, 2.45) is 0 Å². The van der Waals surface area contributed by atoms with Gasteiger partial charge in [-0.05, 0) is 6.42 Å². The topological polar surface area (TPSA) is 23.1 Å². The molecule has 0 spiro atoms. The van der Waals surface area contributed by atoms with E-state index >= 15 is 0 Å². The van der Waals surface area contributed by atoms with Crippen LogP contribution in [0.25, 0.3) is 0 Å². The van der Waals surface area contributed by atoms with Gasteiger partial charge >= 0.3 is 18.9 Å². The van der Waals surface area contributed by atoms with Crippen molar-refractivity contribution in [1.82, 2.24) is 0 Å². The molecule has 0 aliphatic heterocycles. The maximum absolute atomic E-state index is 10.3. The summed E-state index contributed by atoms with van der Waals surface area (Å²) >= 11 is 0. The molecule has 0 unspecified atom stereocenters. The predicted octanol–water partition coefficient (Wildman–Crippen LogP) is -1.17. The van der Waals surface area contributed by atoms with Crippen LogP contribution in [-0.4, -0.2) is 0 Å². The Morgan fingerprint density at radius 2 is 1.90 bits per heavy atom. The summed E-state index contributed by atoms with van der Waals surface area (Å²) in [6.07, 6.45) is 5.34. The number of rotatable bonds is 5. The number of allylic oxidation sites excluding steroid dienone is 1. The molecule has 0 aromatic rings. The Kier molecular flexibility index (Phi) is 11.7. The minimum Gasteiger partial charge on any atom is -0.876 e. The molecule has 0 rings (SSSR count). The Morgan fingerprint density at radius 3 is 2.30 bits per heavy atom. The Labute approximate surface area is 75.7 Å². The maximum Gasteiger partial charge on any atom is 1.00 e. The second kappa shape index (κ2) is 9.14. The van der Waals surface area contributed by atoms with Gasteiger partial charge in [0, 0.05) is 0 Å². The van der Waals surface area contributed by atoms with Gasteiger partial charge in [0.05, 0.1) is 0 Å². The van der Waals surface area contributed by atoms with Crippen LogP contribution in [0.3, 0.4) is 0 Å². The Morgan fingerprint density at radius 1 is 1.30 bits per heavy atom. The predicted molar refractivity (Wildman–Crippen MR) is 37.9 cm³/mol. The first-order valence-electron chi connectivity index (χ1n) is 3.62. The first-order chi connectivity index (χ1) is 4.27. The second-order valence-electron chi connectivity index (χ2n) is 2.35. The summed E-state index contributed by atoms with van der Waals surface area (Å²) in [5.41, 5.74) is 0. The molecule has 0 heterocycles. The fourth-order valence-electron chi connectivity index (χ4n) is 0.749. The van der Waals surface area contributed by atoms with Gasteiger partial charge < -0.3 is 5.11 Å². The zero-order valence-electron chi connectivity index (χ0n) is 7.15. The molecule has 1 nitrogen and oxygen atoms in total. The second-order valence-corrected chi connectivity index (χ2v) is 2.35. The quantitative estimate of drug-likeness (QED) is 0.264.